The Bertz CT molecular complexity index is 3670. The van der Waals surface area contributed by atoms with E-state index < -0.39 is 21.4 Å². The van der Waals surface area contributed by atoms with Gasteiger partial charge < -0.3 is 13.7 Å². The van der Waals surface area contributed by atoms with Crippen LogP contribution in [0.1, 0.15) is 0 Å². The van der Waals surface area contributed by atoms with E-state index in [2.05, 4.69) is 54.6 Å². The highest BCUT2D eigenvalue weighted by molar-refractivity contribution is 7.87. The Morgan fingerprint density at radius 1 is 0.191 bits per heavy atom. The first kappa shape index (κ1) is 42.0. The summed E-state index contributed by atoms with van der Waals surface area (Å²) in [6.07, 6.45) is 0. The summed E-state index contributed by atoms with van der Waals surface area (Å²) in [5.41, 5.74) is 0. The van der Waals surface area contributed by atoms with E-state index in [1.807, 2.05) is 206 Å². The zero-order valence-corrected chi connectivity index (χ0v) is 39.6. The van der Waals surface area contributed by atoms with Crippen molar-refractivity contribution < 1.29 is 13.7 Å². The Hall–Kier alpha value is -7.37. The smallest absolute Gasteiger partial charge is 0.172 e. The van der Waals surface area contributed by atoms with Crippen LogP contribution in [0.25, 0.3) is 53.9 Å². The van der Waals surface area contributed by atoms with Crippen LogP contribution >= 0.6 is 21.4 Å². The molecule has 0 saturated carbocycles. The minimum atomic E-state index is -3.65. The summed E-state index contributed by atoms with van der Waals surface area (Å²) in [6, 6.07) is 86.1. The molecule has 0 heterocycles. The van der Waals surface area contributed by atoms with Crippen molar-refractivity contribution in [3.63, 3.8) is 0 Å². The van der Waals surface area contributed by atoms with E-state index in [-0.39, 0.29) is 0 Å². The average Bonchev–Trinajstić information content (AvgIpc) is 3.41. The van der Waals surface area contributed by atoms with Crippen molar-refractivity contribution in [1.82, 2.24) is 0 Å². The van der Waals surface area contributed by atoms with Gasteiger partial charge in [0.1, 0.15) is 0 Å². The van der Waals surface area contributed by atoms with Crippen molar-refractivity contribution >= 4 is 123 Å². The molecule has 0 saturated heterocycles. The van der Waals surface area contributed by atoms with Crippen LogP contribution < -0.4 is 47.7 Å². The molecule has 0 unspecified atom stereocenters. The van der Waals surface area contributed by atoms with Crippen molar-refractivity contribution in [2.45, 2.75) is 0 Å². The summed E-state index contributed by atoms with van der Waals surface area (Å²) in [7, 11) is -10.8. The SMILES string of the molecule is O=P(c1ccc(P(=O)(c2cccc3ccccc23)c2cccc3ccccc23)cc1)(c1ccc(P(=O)(c2cccc3ccccc23)c2cccc3ccccc23)cc1)c1ccc2ccccc2c1. The van der Waals surface area contributed by atoms with Crippen molar-refractivity contribution in [1.29, 1.82) is 0 Å². The first-order valence-corrected chi connectivity index (χ1v) is 27.9. The Labute approximate surface area is 395 Å². The fraction of sp³-hybridized carbons (Fsp3) is 0. The molecule has 0 aromatic heterocycles. The zero-order chi connectivity index (χ0) is 45.9. The van der Waals surface area contributed by atoms with Crippen LogP contribution in [0.3, 0.4) is 0 Å². The minimum Gasteiger partial charge on any atom is -0.309 e. The number of rotatable bonds is 9. The molecule has 12 rings (SSSR count). The summed E-state index contributed by atoms with van der Waals surface area (Å²) in [6.45, 7) is 0. The molecule has 0 N–H and O–H groups in total. The van der Waals surface area contributed by atoms with E-state index in [4.69, 9.17) is 0 Å². The molecule has 0 spiro atoms. The molecule has 0 aliphatic carbocycles. The van der Waals surface area contributed by atoms with Crippen LogP contribution in [0.5, 0.6) is 0 Å². The molecule has 0 fully saturated rings. The number of fused-ring (bicyclic) bond motifs is 5. The number of hydrogen-bond acceptors (Lipinski definition) is 3. The van der Waals surface area contributed by atoms with E-state index >= 15 is 13.7 Å². The zero-order valence-electron chi connectivity index (χ0n) is 36.9. The van der Waals surface area contributed by atoms with E-state index in [0.717, 1.165) is 75.1 Å². The van der Waals surface area contributed by atoms with Gasteiger partial charge >= 0.3 is 0 Å². The van der Waals surface area contributed by atoms with E-state index in [1.54, 1.807) is 0 Å². The predicted octanol–water partition coefficient (Wildman–Crippen LogP) is 12.4. The molecule has 0 aliphatic heterocycles. The molecular formula is C62H43O3P3. The third-order valence-corrected chi connectivity index (χ3v) is 23.1. The van der Waals surface area contributed by atoms with Crippen LogP contribution in [0.15, 0.2) is 261 Å². The Balaban J connectivity index is 1.06. The van der Waals surface area contributed by atoms with Gasteiger partial charge in [-0.2, -0.15) is 0 Å². The highest BCUT2D eigenvalue weighted by Crippen LogP contribution is 2.50. The topological polar surface area (TPSA) is 51.2 Å². The van der Waals surface area contributed by atoms with Crippen LogP contribution in [0, 0.1) is 0 Å². The van der Waals surface area contributed by atoms with Crippen molar-refractivity contribution in [3.05, 3.63) is 261 Å². The second-order valence-corrected chi connectivity index (χ2v) is 25.6. The van der Waals surface area contributed by atoms with E-state index in [0.29, 0.717) is 26.5 Å². The molecule has 0 atom stereocenters. The summed E-state index contributed by atoms with van der Waals surface area (Å²) in [5.74, 6) is 0. The van der Waals surface area contributed by atoms with Crippen LogP contribution in [0.2, 0.25) is 0 Å². The fourth-order valence-corrected chi connectivity index (χ4v) is 19.1. The summed E-state index contributed by atoms with van der Waals surface area (Å²) < 4.78 is 49.7. The second kappa shape index (κ2) is 16.7. The minimum absolute atomic E-state index is 0.609. The third kappa shape index (κ3) is 6.69. The van der Waals surface area contributed by atoms with Gasteiger partial charge in [-0.05, 0) is 59.9 Å². The molecule has 6 heteroatoms. The lowest BCUT2D eigenvalue weighted by atomic mass is 10.1. The standard InChI is InChI=1S/C62H43O3P3/c63-66(54-34-33-44-15-1-2-20-49(44)43-54,50-35-39-52(40-36-50)67(64,59-29-11-21-45-16-3-7-25-55(45)59)60-30-12-22-46-17-4-8-26-56(46)60)51-37-41-53(42-38-51)68(65,61-31-13-23-47-18-5-9-27-57(47)61)62-32-14-24-48-19-6-10-28-58(48)62/h1-43H. The molecule has 68 heavy (non-hydrogen) atoms. The lowest BCUT2D eigenvalue weighted by molar-refractivity contribution is 0.591. The van der Waals surface area contributed by atoms with Gasteiger partial charge in [0.25, 0.3) is 0 Å². The van der Waals surface area contributed by atoms with Gasteiger partial charge in [0, 0.05) is 47.7 Å². The van der Waals surface area contributed by atoms with Gasteiger partial charge in [0.2, 0.25) is 0 Å². The van der Waals surface area contributed by atoms with Gasteiger partial charge in [0.15, 0.2) is 21.4 Å². The van der Waals surface area contributed by atoms with Gasteiger partial charge in [-0.15, -0.1) is 0 Å². The largest absolute Gasteiger partial charge is 0.309 e. The Morgan fingerprint density at radius 2 is 0.441 bits per heavy atom. The van der Waals surface area contributed by atoms with Crippen molar-refractivity contribution in [2.24, 2.45) is 0 Å². The molecule has 0 bridgehead atoms. The number of hydrogen-bond donors (Lipinski definition) is 0. The highest BCUT2D eigenvalue weighted by atomic mass is 31.2. The number of benzene rings is 12. The predicted molar refractivity (Wildman–Crippen MR) is 292 cm³/mol. The lowest BCUT2D eigenvalue weighted by Crippen LogP contribution is -2.30. The molecule has 3 nitrogen and oxygen atoms in total. The van der Waals surface area contributed by atoms with Crippen LogP contribution in [0.4, 0.5) is 0 Å². The molecule has 0 amide bonds. The van der Waals surface area contributed by atoms with Gasteiger partial charge in [0.05, 0.1) is 0 Å². The van der Waals surface area contributed by atoms with Gasteiger partial charge in [-0.1, -0.05) is 255 Å². The molecular weight excluding hydrogens is 886 g/mol. The maximum Gasteiger partial charge on any atom is 0.172 e. The Kier molecular flexibility index (Phi) is 10.3. The highest BCUT2D eigenvalue weighted by Gasteiger charge is 2.37. The molecule has 324 valence electrons. The first-order valence-electron chi connectivity index (χ1n) is 22.8. The average molecular weight is 929 g/mol. The third-order valence-electron chi connectivity index (χ3n) is 13.7. The first-order chi connectivity index (χ1) is 33.3. The molecule has 12 aromatic carbocycles. The molecule has 12 aromatic rings. The summed E-state index contributed by atoms with van der Waals surface area (Å²) in [4.78, 5) is 0. The van der Waals surface area contributed by atoms with Crippen molar-refractivity contribution in [2.75, 3.05) is 0 Å². The van der Waals surface area contributed by atoms with Crippen molar-refractivity contribution in [3.8, 4) is 0 Å². The fourth-order valence-electron chi connectivity index (χ4n) is 10.3. The van der Waals surface area contributed by atoms with Crippen LogP contribution in [-0.2, 0) is 13.7 Å². The maximum atomic E-state index is 16.6. The quantitative estimate of drug-likeness (QED) is 0.136. The van der Waals surface area contributed by atoms with Gasteiger partial charge in [-0.3, -0.25) is 0 Å². The van der Waals surface area contributed by atoms with Gasteiger partial charge in [-0.25, -0.2) is 0 Å². The maximum absolute atomic E-state index is 16.6. The monoisotopic (exact) mass is 928 g/mol. The summed E-state index contributed by atoms with van der Waals surface area (Å²) >= 11 is 0. The second-order valence-electron chi connectivity index (χ2n) is 17.4. The summed E-state index contributed by atoms with van der Waals surface area (Å²) in [5, 5.41) is 16.0. The van der Waals surface area contributed by atoms with Crippen LogP contribution in [-0.4, -0.2) is 0 Å². The molecule has 0 aliphatic rings. The lowest BCUT2D eigenvalue weighted by Gasteiger charge is -2.26. The molecule has 0 radical (unpaired) electrons. The van der Waals surface area contributed by atoms with E-state index in [9.17, 15) is 0 Å². The Morgan fingerprint density at radius 3 is 0.779 bits per heavy atom. The normalized spacial score (nSPS) is 12.3. The van der Waals surface area contributed by atoms with E-state index in [1.165, 1.54) is 0 Å².